The summed E-state index contributed by atoms with van der Waals surface area (Å²) in [7, 11) is 0. The van der Waals surface area contributed by atoms with Gasteiger partial charge in [-0.05, 0) is 40.5 Å². The lowest BCUT2D eigenvalue weighted by Gasteiger charge is -2.06. The summed E-state index contributed by atoms with van der Waals surface area (Å²) in [5, 5.41) is 8.36. The predicted molar refractivity (Wildman–Crippen MR) is 79.0 cm³/mol. The average Bonchev–Trinajstić information content (AvgIpc) is 2.79. The minimum absolute atomic E-state index is 0.719. The smallest absolute Gasteiger partial charge is 0.0549 e. The molecule has 2 rings (SSSR count). The van der Waals surface area contributed by atoms with Crippen molar-refractivity contribution in [3.63, 3.8) is 0 Å². The standard InChI is InChI=1S/C13H15BrClN3/c1-2-5-18-9-10(8-17-18)7-16-11-3-4-13(15)12(14)6-11/h3-4,6,8-9,16H,2,5,7H2,1H3. The highest BCUT2D eigenvalue weighted by atomic mass is 79.9. The van der Waals surface area contributed by atoms with Crippen LogP contribution in [0, 0.1) is 0 Å². The number of anilines is 1. The molecule has 5 heteroatoms. The molecule has 0 atom stereocenters. The van der Waals surface area contributed by atoms with Crippen LogP contribution in [0.4, 0.5) is 5.69 Å². The molecule has 0 spiro atoms. The number of hydrogen-bond acceptors (Lipinski definition) is 2. The first kappa shape index (κ1) is 13.4. The second-order valence-corrected chi connectivity index (χ2v) is 5.36. The van der Waals surface area contributed by atoms with E-state index in [4.69, 9.17) is 11.6 Å². The molecule has 0 amide bonds. The van der Waals surface area contributed by atoms with Gasteiger partial charge >= 0.3 is 0 Å². The quantitative estimate of drug-likeness (QED) is 0.886. The van der Waals surface area contributed by atoms with Gasteiger partial charge in [0.1, 0.15) is 0 Å². The Bertz CT molecular complexity index is 525. The molecular formula is C13H15BrClN3. The van der Waals surface area contributed by atoms with E-state index in [1.165, 1.54) is 5.56 Å². The average molecular weight is 329 g/mol. The second-order valence-electron chi connectivity index (χ2n) is 4.09. The number of benzene rings is 1. The first-order chi connectivity index (χ1) is 8.69. The molecule has 0 bridgehead atoms. The molecule has 0 radical (unpaired) electrons. The zero-order valence-electron chi connectivity index (χ0n) is 10.2. The molecule has 0 aliphatic rings. The monoisotopic (exact) mass is 327 g/mol. The molecule has 18 heavy (non-hydrogen) atoms. The van der Waals surface area contributed by atoms with Gasteiger partial charge in [-0.2, -0.15) is 5.10 Å². The van der Waals surface area contributed by atoms with Crippen LogP contribution in [0.3, 0.4) is 0 Å². The summed E-state index contributed by atoms with van der Waals surface area (Å²) in [6, 6.07) is 5.80. The Kier molecular flexibility index (Phi) is 4.66. The van der Waals surface area contributed by atoms with Gasteiger partial charge < -0.3 is 5.32 Å². The predicted octanol–water partition coefficient (Wildman–Crippen LogP) is 4.32. The molecule has 0 fully saturated rings. The normalized spacial score (nSPS) is 10.6. The lowest BCUT2D eigenvalue weighted by Crippen LogP contribution is -1.99. The van der Waals surface area contributed by atoms with Crippen LogP contribution in [-0.4, -0.2) is 9.78 Å². The molecule has 96 valence electrons. The second kappa shape index (κ2) is 6.25. The van der Waals surface area contributed by atoms with Crippen LogP contribution < -0.4 is 5.32 Å². The van der Waals surface area contributed by atoms with E-state index >= 15 is 0 Å². The van der Waals surface area contributed by atoms with Crippen LogP contribution in [0.2, 0.25) is 5.02 Å². The molecule has 0 saturated carbocycles. The number of hydrogen-bond donors (Lipinski definition) is 1. The highest BCUT2D eigenvalue weighted by Crippen LogP contribution is 2.25. The fraction of sp³-hybridized carbons (Fsp3) is 0.308. The molecule has 0 saturated heterocycles. The van der Waals surface area contributed by atoms with Crippen molar-refractivity contribution in [1.82, 2.24) is 9.78 Å². The van der Waals surface area contributed by atoms with Crippen LogP contribution in [0.25, 0.3) is 0 Å². The Balaban J connectivity index is 1.95. The fourth-order valence-electron chi connectivity index (χ4n) is 1.66. The summed E-state index contributed by atoms with van der Waals surface area (Å²) < 4.78 is 2.87. The molecule has 2 aromatic rings. The van der Waals surface area contributed by atoms with Crippen molar-refractivity contribution in [1.29, 1.82) is 0 Å². The van der Waals surface area contributed by atoms with E-state index in [2.05, 4.69) is 39.5 Å². The van der Waals surface area contributed by atoms with E-state index in [9.17, 15) is 0 Å². The van der Waals surface area contributed by atoms with Crippen LogP contribution in [0.1, 0.15) is 18.9 Å². The largest absolute Gasteiger partial charge is 0.381 e. The van der Waals surface area contributed by atoms with Gasteiger partial charge in [-0.25, -0.2) is 0 Å². The van der Waals surface area contributed by atoms with Gasteiger partial charge in [-0.15, -0.1) is 0 Å². The van der Waals surface area contributed by atoms with Crippen molar-refractivity contribution >= 4 is 33.2 Å². The minimum Gasteiger partial charge on any atom is -0.381 e. The molecule has 0 unspecified atom stereocenters. The van der Waals surface area contributed by atoms with Crippen molar-refractivity contribution in [3.05, 3.63) is 45.7 Å². The zero-order valence-corrected chi connectivity index (χ0v) is 12.5. The van der Waals surface area contributed by atoms with Gasteiger partial charge in [-0.3, -0.25) is 4.68 Å². The van der Waals surface area contributed by atoms with E-state index in [1.54, 1.807) is 0 Å². The van der Waals surface area contributed by atoms with Gasteiger partial charge in [0, 0.05) is 35.0 Å². The Labute approximate surface area is 120 Å². The van der Waals surface area contributed by atoms with E-state index in [1.807, 2.05) is 29.1 Å². The summed E-state index contributed by atoms with van der Waals surface area (Å²) in [5.74, 6) is 0. The van der Waals surface area contributed by atoms with E-state index in [0.29, 0.717) is 0 Å². The van der Waals surface area contributed by atoms with Gasteiger partial charge in [-0.1, -0.05) is 18.5 Å². The fourth-order valence-corrected chi connectivity index (χ4v) is 2.16. The summed E-state index contributed by atoms with van der Waals surface area (Å²) in [6.07, 6.45) is 5.06. The third kappa shape index (κ3) is 3.50. The molecular weight excluding hydrogens is 314 g/mol. The molecule has 3 nitrogen and oxygen atoms in total. The first-order valence-corrected chi connectivity index (χ1v) is 7.06. The van der Waals surface area contributed by atoms with Crippen LogP contribution in [0.5, 0.6) is 0 Å². The van der Waals surface area contributed by atoms with E-state index in [-0.39, 0.29) is 0 Å². The molecule has 0 aliphatic heterocycles. The maximum atomic E-state index is 5.95. The van der Waals surface area contributed by atoms with Crippen molar-refractivity contribution < 1.29 is 0 Å². The van der Waals surface area contributed by atoms with Crippen molar-refractivity contribution in [2.75, 3.05) is 5.32 Å². The van der Waals surface area contributed by atoms with E-state index < -0.39 is 0 Å². The van der Waals surface area contributed by atoms with Gasteiger partial charge in [0.25, 0.3) is 0 Å². The van der Waals surface area contributed by atoms with Gasteiger partial charge in [0.15, 0.2) is 0 Å². The van der Waals surface area contributed by atoms with Crippen molar-refractivity contribution in [3.8, 4) is 0 Å². The number of nitrogens with zero attached hydrogens (tertiary/aromatic N) is 2. The Morgan fingerprint density at radius 3 is 3.00 bits per heavy atom. The van der Waals surface area contributed by atoms with E-state index in [0.717, 1.165) is 34.7 Å². The first-order valence-electron chi connectivity index (χ1n) is 5.89. The molecule has 1 aromatic heterocycles. The maximum Gasteiger partial charge on any atom is 0.0549 e. The Morgan fingerprint density at radius 2 is 2.28 bits per heavy atom. The number of aromatic nitrogens is 2. The minimum atomic E-state index is 0.719. The zero-order chi connectivity index (χ0) is 13.0. The molecule has 0 aliphatic carbocycles. The van der Waals surface area contributed by atoms with Crippen LogP contribution in [0.15, 0.2) is 35.1 Å². The topological polar surface area (TPSA) is 29.9 Å². The lowest BCUT2D eigenvalue weighted by atomic mass is 10.3. The highest BCUT2D eigenvalue weighted by molar-refractivity contribution is 9.10. The lowest BCUT2D eigenvalue weighted by molar-refractivity contribution is 0.602. The number of aryl methyl sites for hydroxylation is 1. The van der Waals surface area contributed by atoms with Crippen LogP contribution >= 0.6 is 27.5 Å². The third-order valence-electron chi connectivity index (χ3n) is 2.56. The third-order valence-corrected chi connectivity index (χ3v) is 3.77. The van der Waals surface area contributed by atoms with Gasteiger partial charge in [0.05, 0.1) is 11.2 Å². The highest BCUT2D eigenvalue weighted by Gasteiger charge is 2.01. The summed E-state index contributed by atoms with van der Waals surface area (Å²) in [6.45, 7) is 3.87. The number of rotatable bonds is 5. The Morgan fingerprint density at radius 1 is 1.44 bits per heavy atom. The van der Waals surface area contributed by atoms with Crippen molar-refractivity contribution in [2.45, 2.75) is 26.4 Å². The molecule has 1 N–H and O–H groups in total. The summed E-state index contributed by atoms with van der Waals surface area (Å²) >= 11 is 9.36. The van der Waals surface area contributed by atoms with Gasteiger partial charge in [0.2, 0.25) is 0 Å². The van der Waals surface area contributed by atoms with Crippen LogP contribution in [-0.2, 0) is 13.1 Å². The summed E-state index contributed by atoms with van der Waals surface area (Å²) in [4.78, 5) is 0. The number of nitrogens with one attached hydrogen (secondary N) is 1. The SMILES string of the molecule is CCCn1cc(CNc2ccc(Cl)c(Br)c2)cn1. The maximum absolute atomic E-state index is 5.95. The molecule has 1 heterocycles. The summed E-state index contributed by atoms with van der Waals surface area (Å²) in [5.41, 5.74) is 2.21. The number of halogens is 2. The Hall–Kier alpha value is -1.00. The molecule has 1 aromatic carbocycles. The van der Waals surface area contributed by atoms with Crippen molar-refractivity contribution in [2.24, 2.45) is 0 Å².